The third kappa shape index (κ3) is 2.37. The zero-order valence-corrected chi connectivity index (χ0v) is 13.6. The quantitative estimate of drug-likeness (QED) is 0.854. The molecule has 2 aromatic heterocycles. The molecule has 0 aliphatic carbocycles. The molecule has 22 heavy (non-hydrogen) atoms. The fourth-order valence-corrected chi connectivity index (χ4v) is 3.88. The maximum Gasteiger partial charge on any atom is 0.157 e. The highest BCUT2D eigenvalue weighted by Crippen LogP contribution is 2.30. The van der Waals surface area contributed by atoms with Crippen LogP contribution in [0.3, 0.4) is 0 Å². The highest BCUT2D eigenvalue weighted by atomic mass is 15.3. The molecule has 2 saturated heterocycles. The van der Waals surface area contributed by atoms with Crippen molar-refractivity contribution in [2.45, 2.75) is 45.1 Å². The van der Waals surface area contributed by atoms with Crippen molar-refractivity contribution in [1.82, 2.24) is 19.5 Å². The predicted octanol–water partition coefficient (Wildman–Crippen LogP) is 2.79. The van der Waals surface area contributed by atoms with Gasteiger partial charge < -0.3 is 4.90 Å². The van der Waals surface area contributed by atoms with E-state index in [1.807, 2.05) is 4.52 Å². The highest BCUT2D eigenvalue weighted by molar-refractivity contribution is 5.54. The van der Waals surface area contributed by atoms with Crippen LogP contribution in [0, 0.1) is 6.92 Å². The maximum absolute atomic E-state index is 4.91. The van der Waals surface area contributed by atoms with Crippen LogP contribution in [0.5, 0.6) is 0 Å². The molecule has 2 aliphatic rings. The van der Waals surface area contributed by atoms with E-state index in [1.165, 1.54) is 49.9 Å². The van der Waals surface area contributed by atoms with E-state index in [2.05, 4.69) is 36.0 Å². The molecule has 0 amide bonds. The standard InChI is InChI=1S/C17H25N5/c1-13-12-22-16(18-17(13)21-9-5-6-10-21)11-14(19-22)15-7-3-4-8-20(15)2/h11-12,15H,3-10H2,1-2H3. The van der Waals surface area contributed by atoms with Gasteiger partial charge in [0.05, 0.1) is 11.7 Å². The zero-order valence-electron chi connectivity index (χ0n) is 13.6. The van der Waals surface area contributed by atoms with E-state index in [0.29, 0.717) is 6.04 Å². The molecule has 0 bridgehead atoms. The van der Waals surface area contributed by atoms with Gasteiger partial charge in [-0.05, 0) is 46.2 Å². The van der Waals surface area contributed by atoms with Crippen LogP contribution in [0.2, 0.25) is 0 Å². The molecule has 2 aromatic rings. The fraction of sp³-hybridized carbons (Fsp3) is 0.647. The van der Waals surface area contributed by atoms with Gasteiger partial charge in [0, 0.05) is 30.9 Å². The van der Waals surface area contributed by atoms with Gasteiger partial charge in [0.2, 0.25) is 0 Å². The van der Waals surface area contributed by atoms with Crippen molar-refractivity contribution in [2.24, 2.45) is 0 Å². The van der Waals surface area contributed by atoms with Crippen molar-refractivity contribution in [2.75, 3.05) is 31.6 Å². The largest absolute Gasteiger partial charge is 0.356 e. The summed E-state index contributed by atoms with van der Waals surface area (Å²) in [4.78, 5) is 9.75. The number of nitrogens with zero attached hydrogens (tertiary/aromatic N) is 5. The van der Waals surface area contributed by atoms with Crippen molar-refractivity contribution < 1.29 is 0 Å². The molecule has 118 valence electrons. The van der Waals surface area contributed by atoms with Gasteiger partial charge in [-0.1, -0.05) is 6.42 Å². The summed E-state index contributed by atoms with van der Waals surface area (Å²) in [6.45, 7) is 5.59. The van der Waals surface area contributed by atoms with E-state index in [-0.39, 0.29) is 0 Å². The number of hydrogen-bond donors (Lipinski definition) is 0. The van der Waals surface area contributed by atoms with Crippen molar-refractivity contribution in [3.63, 3.8) is 0 Å². The minimum atomic E-state index is 0.450. The Morgan fingerprint density at radius 3 is 2.64 bits per heavy atom. The van der Waals surface area contributed by atoms with Gasteiger partial charge in [0.25, 0.3) is 0 Å². The number of aryl methyl sites for hydroxylation is 1. The third-order valence-electron chi connectivity index (χ3n) is 5.14. The first-order valence-electron chi connectivity index (χ1n) is 8.54. The Hall–Kier alpha value is -1.62. The minimum Gasteiger partial charge on any atom is -0.356 e. The van der Waals surface area contributed by atoms with Crippen LogP contribution in [-0.2, 0) is 0 Å². The summed E-state index contributed by atoms with van der Waals surface area (Å²) in [5.74, 6) is 1.15. The molecule has 0 aromatic carbocycles. The second-order valence-corrected chi connectivity index (χ2v) is 6.81. The Morgan fingerprint density at radius 2 is 1.86 bits per heavy atom. The molecule has 0 saturated carbocycles. The maximum atomic E-state index is 4.91. The first kappa shape index (κ1) is 14.0. The molecule has 2 aliphatic heterocycles. The number of anilines is 1. The van der Waals surface area contributed by atoms with Crippen LogP contribution in [0.15, 0.2) is 12.3 Å². The normalized spacial score (nSPS) is 23.5. The second kappa shape index (κ2) is 5.54. The van der Waals surface area contributed by atoms with Gasteiger partial charge in [-0.2, -0.15) is 5.10 Å². The smallest absolute Gasteiger partial charge is 0.157 e. The van der Waals surface area contributed by atoms with Crippen LogP contribution < -0.4 is 4.90 Å². The van der Waals surface area contributed by atoms with Crippen molar-refractivity contribution in [3.8, 4) is 0 Å². The summed E-state index contributed by atoms with van der Waals surface area (Å²) in [5.41, 5.74) is 3.38. The van der Waals surface area contributed by atoms with E-state index < -0.39 is 0 Å². The molecule has 2 fully saturated rings. The third-order valence-corrected chi connectivity index (χ3v) is 5.14. The van der Waals surface area contributed by atoms with E-state index in [0.717, 1.165) is 24.6 Å². The monoisotopic (exact) mass is 299 g/mol. The number of aromatic nitrogens is 3. The van der Waals surface area contributed by atoms with E-state index >= 15 is 0 Å². The average molecular weight is 299 g/mol. The summed E-state index contributed by atoms with van der Waals surface area (Å²) in [7, 11) is 2.21. The predicted molar refractivity (Wildman–Crippen MR) is 88.4 cm³/mol. The lowest BCUT2D eigenvalue weighted by atomic mass is 10.0. The molecular weight excluding hydrogens is 274 g/mol. The Kier molecular flexibility index (Phi) is 3.53. The van der Waals surface area contributed by atoms with Gasteiger partial charge in [-0.15, -0.1) is 0 Å². The molecule has 4 rings (SSSR count). The van der Waals surface area contributed by atoms with E-state index in [1.54, 1.807) is 0 Å². The van der Waals surface area contributed by atoms with Crippen LogP contribution in [0.25, 0.3) is 5.65 Å². The van der Waals surface area contributed by atoms with Gasteiger partial charge in [-0.3, -0.25) is 4.90 Å². The number of hydrogen-bond acceptors (Lipinski definition) is 4. The van der Waals surface area contributed by atoms with Crippen molar-refractivity contribution in [3.05, 3.63) is 23.5 Å². The summed E-state index contributed by atoms with van der Waals surface area (Å²) >= 11 is 0. The molecular formula is C17H25N5. The first-order chi connectivity index (χ1) is 10.7. The lowest BCUT2D eigenvalue weighted by Crippen LogP contribution is -2.29. The Morgan fingerprint density at radius 1 is 1.09 bits per heavy atom. The lowest BCUT2D eigenvalue weighted by Gasteiger charge is -2.30. The Labute approximate surface area is 131 Å². The van der Waals surface area contributed by atoms with Crippen LogP contribution in [-0.4, -0.2) is 46.2 Å². The van der Waals surface area contributed by atoms with Crippen LogP contribution >= 0.6 is 0 Å². The van der Waals surface area contributed by atoms with Crippen molar-refractivity contribution in [1.29, 1.82) is 0 Å². The average Bonchev–Trinajstić information content (AvgIpc) is 3.15. The first-order valence-corrected chi connectivity index (χ1v) is 8.54. The molecule has 5 heteroatoms. The lowest BCUT2D eigenvalue weighted by molar-refractivity contribution is 0.183. The summed E-state index contributed by atoms with van der Waals surface area (Å²) in [5, 5.41) is 4.81. The number of fused-ring (bicyclic) bond motifs is 1. The number of likely N-dealkylation sites (tertiary alicyclic amines) is 1. The summed E-state index contributed by atoms with van der Waals surface area (Å²) in [6, 6.07) is 2.64. The van der Waals surface area contributed by atoms with Crippen LogP contribution in [0.1, 0.15) is 49.4 Å². The molecule has 5 nitrogen and oxygen atoms in total. The van der Waals surface area contributed by atoms with Gasteiger partial charge in [-0.25, -0.2) is 9.50 Å². The fourth-order valence-electron chi connectivity index (χ4n) is 3.88. The van der Waals surface area contributed by atoms with Gasteiger partial charge >= 0.3 is 0 Å². The molecule has 4 heterocycles. The second-order valence-electron chi connectivity index (χ2n) is 6.81. The molecule has 1 atom stereocenters. The minimum absolute atomic E-state index is 0.450. The molecule has 0 spiro atoms. The summed E-state index contributed by atoms with van der Waals surface area (Å²) < 4.78 is 1.96. The SMILES string of the molecule is Cc1cn2nc(C3CCCCN3C)cc2nc1N1CCCC1. The molecule has 0 N–H and O–H groups in total. The Bertz CT molecular complexity index is 671. The van der Waals surface area contributed by atoms with Crippen molar-refractivity contribution >= 4 is 11.5 Å². The molecule has 0 radical (unpaired) electrons. The highest BCUT2D eigenvalue weighted by Gasteiger charge is 2.24. The number of rotatable bonds is 2. The Balaban J connectivity index is 1.71. The molecule has 1 unspecified atom stereocenters. The number of piperidine rings is 1. The van der Waals surface area contributed by atoms with Gasteiger partial charge in [0.15, 0.2) is 5.65 Å². The van der Waals surface area contributed by atoms with Gasteiger partial charge in [0.1, 0.15) is 5.82 Å². The van der Waals surface area contributed by atoms with E-state index in [9.17, 15) is 0 Å². The van der Waals surface area contributed by atoms with E-state index in [4.69, 9.17) is 10.1 Å². The summed E-state index contributed by atoms with van der Waals surface area (Å²) in [6.07, 6.45) is 8.51. The van der Waals surface area contributed by atoms with Crippen LogP contribution in [0.4, 0.5) is 5.82 Å². The topological polar surface area (TPSA) is 36.7 Å². The zero-order chi connectivity index (χ0) is 15.1.